The number of esters is 1. The van der Waals surface area contributed by atoms with Gasteiger partial charge < -0.3 is 14.2 Å². The fraction of sp³-hybridized carbons (Fsp3) is 0.107. The Morgan fingerprint density at radius 2 is 1.49 bits per heavy atom. The van der Waals surface area contributed by atoms with Crippen molar-refractivity contribution in [2.24, 2.45) is 5.10 Å². The smallest absolute Gasteiger partial charge is 0.343 e. The predicted molar refractivity (Wildman–Crippen MR) is 134 cm³/mol. The number of nitrogens with one attached hydrogen (secondary N) is 1. The molecule has 4 rings (SSSR count). The lowest BCUT2D eigenvalue weighted by molar-refractivity contribution is -0.127. The minimum Gasteiger partial charge on any atom is -0.497 e. The largest absolute Gasteiger partial charge is 0.497 e. The van der Waals surface area contributed by atoms with Crippen molar-refractivity contribution in [3.63, 3.8) is 0 Å². The van der Waals surface area contributed by atoms with Crippen molar-refractivity contribution >= 4 is 28.9 Å². The van der Waals surface area contributed by atoms with Gasteiger partial charge in [-0.1, -0.05) is 30.3 Å². The zero-order valence-electron chi connectivity index (χ0n) is 19.3. The van der Waals surface area contributed by atoms with Crippen molar-refractivity contribution in [3.05, 3.63) is 102 Å². The Bertz CT molecular complexity index is 1350. The van der Waals surface area contributed by atoms with Crippen molar-refractivity contribution in [3.8, 4) is 17.2 Å². The van der Waals surface area contributed by atoms with Gasteiger partial charge in [0.2, 0.25) is 0 Å². The number of fused-ring (bicyclic) bond motifs is 1. The molecule has 0 aliphatic carbocycles. The fourth-order valence-electron chi connectivity index (χ4n) is 3.27. The lowest BCUT2D eigenvalue weighted by atomic mass is 10.1. The molecule has 0 radical (unpaired) electrons. The summed E-state index contributed by atoms with van der Waals surface area (Å²) >= 11 is 0. The normalized spacial score (nSPS) is 11.7. The summed E-state index contributed by atoms with van der Waals surface area (Å²) in [6.45, 7) is 1.66. The average molecular weight is 469 g/mol. The van der Waals surface area contributed by atoms with E-state index in [1.165, 1.54) is 6.21 Å². The molecule has 0 aromatic heterocycles. The Balaban J connectivity index is 1.28. The molecule has 176 valence electrons. The number of amides is 1. The van der Waals surface area contributed by atoms with Gasteiger partial charge >= 0.3 is 5.97 Å². The van der Waals surface area contributed by atoms with Crippen LogP contribution in [0.3, 0.4) is 0 Å². The van der Waals surface area contributed by atoms with Crippen LogP contribution < -0.4 is 19.6 Å². The van der Waals surface area contributed by atoms with E-state index in [0.29, 0.717) is 22.8 Å². The Labute approximate surface area is 202 Å². The highest BCUT2D eigenvalue weighted by atomic mass is 16.5. The van der Waals surface area contributed by atoms with Gasteiger partial charge in [0.1, 0.15) is 17.2 Å². The number of methoxy groups -OCH3 is 1. The monoisotopic (exact) mass is 468 g/mol. The summed E-state index contributed by atoms with van der Waals surface area (Å²) in [5, 5.41) is 6.12. The summed E-state index contributed by atoms with van der Waals surface area (Å²) in [4.78, 5) is 24.6. The molecular weight excluding hydrogens is 444 g/mol. The summed E-state index contributed by atoms with van der Waals surface area (Å²) in [5.41, 5.74) is 3.61. The molecular formula is C28H24N2O5. The molecule has 0 heterocycles. The number of nitrogens with zero attached hydrogens (tertiary/aromatic N) is 1. The van der Waals surface area contributed by atoms with Crippen LogP contribution in [0.4, 0.5) is 0 Å². The van der Waals surface area contributed by atoms with Crippen molar-refractivity contribution in [1.82, 2.24) is 5.43 Å². The van der Waals surface area contributed by atoms with Gasteiger partial charge in [0.15, 0.2) is 6.10 Å². The molecule has 0 bridgehead atoms. The minimum absolute atomic E-state index is 0.376. The van der Waals surface area contributed by atoms with Crippen LogP contribution in [0.5, 0.6) is 17.2 Å². The van der Waals surface area contributed by atoms with E-state index >= 15 is 0 Å². The van der Waals surface area contributed by atoms with E-state index in [2.05, 4.69) is 10.5 Å². The molecule has 4 aromatic carbocycles. The summed E-state index contributed by atoms with van der Waals surface area (Å²) < 4.78 is 16.2. The zero-order chi connectivity index (χ0) is 24.6. The number of hydrazone groups is 1. The molecule has 1 N–H and O–H groups in total. The van der Waals surface area contributed by atoms with E-state index in [1.54, 1.807) is 62.6 Å². The molecule has 7 nitrogen and oxygen atoms in total. The van der Waals surface area contributed by atoms with Crippen LogP contribution in [0, 0.1) is 0 Å². The Morgan fingerprint density at radius 3 is 2.20 bits per heavy atom. The third-order valence-electron chi connectivity index (χ3n) is 5.21. The van der Waals surface area contributed by atoms with E-state index in [9.17, 15) is 9.59 Å². The molecule has 0 fully saturated rings. The van der Waals surface area contributed by atoms with Gasteiger partial charge in [-0.15, -0.1) is 0 Å². The molecule has 4 aromatic rings. The van der Waals surface area contributed by atoms with Crippen molar-refractivity contribution < 1.29 is 23.8 Å². The van der Waals surface area contributed by atoms with Crippen LogP contribution in [0.1, 0.15) is 22.8 Å². The van der Waals surface area contributed by atoms with Crippen molar-refractivity contribution in [2.75, 3.05) is 7.11 Å². The van der Waals surface area contributed by atoms with E-state index in [1.807, 2.05) is 42.5 Å². The molecule has 0 aliphatic rings. The van der Waals surface area contributed by atoms with Gasteiger partial charge in [-0.05, 0) is 83.9 Å². The second-order valence-corrected chi connectivity index (χ2v) is 7.69. The number of hydrogen-bond donors (Lipinski definition) is 1. The third-order valence-corrected chi connectivity index (χ3v) is 5.21. The topological polar surface area (TPSA) is 86.2 Å². The third kappa shape index (κ3) is 6.23. The highest BCUT2D eigenvalue weighted by molar-refractivity contribution is 5.91. The van der Waals surface area contributed by atoms with Crippen LogP contribution in [0.15, 0.2) is 96.1 Å². The zero-order valence-corrected chi connectivity index (χ0v) is 19.3. The van der Waals surface area contributed by atoms with E-state index in [-0.39, 0.29) is 5.91 Å². The molecule has 0 saturated carbocycles. The van der Waals surface area contributed by atoms with Crippen molar-refractivity contribution in [1.29, 1.82) is 0 Å². The van der Waals surface area contributed by atoms with Crippen LogP contribution in [-0.4, -0.2) is 31.3 Å². The van der Waals surface area contributed by atoms with E-state index in [0.717, 1.165) is 16.3 Å². The van der Waals surface area contributed by atoms with Crippen LogP contribution >= 0.6 is 0 Å². The van der Waals surface area contributed by atoms with Crippen LogP contribution in [0.2, 0.25) is 0 Å². The second-order valence-electron chi connectivity index (χ2n) is 7.69. The molecule has 35 heavy (non-hydrogen) atoms. The summed E-state index contributed by atoms with van der Waals surface area (Å²) in [7, 11) is 1.56. The molecule has 0 unspecified atom stereocenters. The summed E-state index contributed by atoms with van der Waals surface area (Å²) in [5.74, 6) is 0.813. The first-order valence-electron chi connectivity index (χ1n) is 11.0. The first kappa shape index (κ1) is 23.5. The number of rotatable bonds is 8. The second kappa shape index (κ2) is 11.0. The Kier molecular flexibility index (Phi) is 7.37. The first-order valence-corrected chi connectivity index (χ1v) is 11.0. The quantitative estimate of drug-likeness (QED) is 0.171. The molecule has 7 heteroatoms. The number of carbonyl (C=O) groups excluding carboxylic acids is 2. The highest BCUT2D eigenvalue weighted by Crippen LogP contribution is 2.21. The van der Waals surface area contributed by atoms with Crippen molar-refractivity contribution in [2.45, 2.75) is 13.0 Å². The minimum atomic E-state index is -0.729. The van der Waals surface area contributed by atoms with Gasteiger partial charge in [-0.3, -0.25) is 4.79 Å². The number of hydrogen-bond acceptors (Lipinski definition) is 6. The molecule has 0 saturated heterocycles. The maximum absolute atomic E-state index is 12.3. The lowest BCUT2D eigenvalue weighted by Gasteiger charge is -2.13. The maximum atomic E-state index is 12.3. The predicted octanol–water partition coefficient (Wildman–Crippen LogP) is 4.99. The number of ether oxygens (including phenoxy) is 3. The summed E-state index contributed by atoms with van der Waals surface area (Å²) in [6, 6.07) is 27.0. The van der Waals surface area contributed by atoms with Gasteiger partial charge in [-0.25, -0.2) is 10.2 Å². The molecule has 1 amide bonds. The summed E-state index contributed by atoms with van der Waals surface area (Å²) in [6.07, 6.45) is 0.767. The lowest BCUT2D eigenvalue weighted by Crippen LogP contribution is -2.33. The van der Waals surface area contributed by atoms with E-state index in [4.69, 9.17) is 14.2 Å². The highest BCUT2D eigenvalue weighted by Gasteiger charge is 2.14. The molecule has 0 spiro atoms. The standard InChI is InChI=1S/C28H24N2O5/c1-19(34-26-16-9-21-5-3-4-6-23(21)17-26)27(31)30-29-18-20-7-12-25(13-8-20)35-28(32)22-10-14-24(33-2)15-11-22/h3-19H,1-2H3,(H,30,31)/b29-18-/t19-/m0/s1. The first-order chi connectivity index (χ1) is 17.0. The van der Waals surface area contributed by atoms with Crippen LogP contribution in [0.25, 0.3) is 10.8 Å². The molecule has 1 atom stereocenters. The fourth-order valence-corrected chi connectivity index (χ4v) is 3.27. The maximum Gasteiger partial charge on any atom is 0.343 e. The van der Waals surface area contributed by atoms with Gasteiger partial charge in [-0.2, -0.15) is 5.10 Å². The number of benzene rings is 4. The Morgan fingerprint density at radius 1 is 0.829 bits per heavy atom. The number of carbonyl (C=O) groups is 2. The molecule has 0 aliphatic heterocycles. The van der Waals surface area contributed by atoms with Gasteiger partial charge in [0, 0.05) is 0 Å². The van der Waals surface area contributed by atoms with Gasteiger partial charge in [0.25, 0.3) is 5.91 Å². The van der Waals surface area contributed by atoms with Gasteiger partial charge in [0.05, 0.1) is 18.9 Å². The van der Waals surface area contributed by atoms with Crippen LogP contribution in [-0.2, 0) is 4.79 Å². The average Bonchev–Trinajstić information content (AvgIpc) is 2.89. The van der Waals surface area contributed by atoms with E-state index < -0.39 is 12.1 Å². The Hall–Kier alpha value is -4.65. The SMILES string of the molecule is COc1ccc(C(=O)Oc2ccc(/C=N\NC(=O)[C@H](C)Oc3ccc4ccccc4c3)cc2)cc1.